The number of rotatable bonds is 0. The lowest BCUT2D eigenvalue weighted by Gasteiger charge is -2.25. The predicted molar refractivity (Wildman–Crippen MR) is 52.5 cm³/mol. The Morgan fingerprint density at radius 1 is 1.50 bits per heavy atom. The fraction of sp³-hybridized carbons (Fsp3) is 0.300. The topological polar surface area (TPSA) is 20.3 Å². The van der Waals surface area contributed by atoms with E-state index in [9.17, 15) is 9.18 Å². The van der Waals surface area contributed by atoms with Crippen LogP contribution in [0.15, 0.2) is 12.1 Å². The Kier molecular flexibility index (Phi) is 2.06. The van der Waals surface area contributed by atoms with Crippen molar-refractivity contribution in [3.05, 3.63) is 29.1 Å². The zero-order valence-corrected chi connectivity index (χ0v) is 7.88. The van der Waals surface area contributed by atoms with Gasteiger partial charge in [0.05, 0.1) is 0 Å². The molecule has 1 aromatic carbocycles. The molecule has 0 saturated heterocycles. The lowest BCUT2D eigenvalue weighted by molar-refractivity contribution is 0.0780. The number of carbonyl (C=O) groups excluding carboxylic acids is 1. The quantitative estimate of drug-likeness (QED) is 0.535. The molecule has 0 bridgehead atoms. The second-order valence-corrected chi connectivity index (χ2v) is 3.51. The molecule has 0 aromatic heterocycles. The first kappa shape index (κ1) is 9.25. The van der Waals surface area contributed by atoms with Gasteiger partial charge in [0.1, 0.15) is 13.7 Å². The molecule has 0 N–H and O–H groups in total. The molecule has 2 radical (unpaired) electrons. The number of fused-ring (bicyclic) bond motifs is 1. The van der Waals surface area contributed by atoms with Crippen molar-refractivity contribution in [2.75, 3.05) is 13.6 Å². The number of hydrogen-bond donors (Lipinski definition) is 0. The van der Waals surface area contributed by atoms with Crippen LogP contribution in [0.4, 0.5) is 4.39 Å². The van der Waals surface area contributed by atoms with Crippen LogP contribution in [-0.2, 0) is 6.42 Å². The van der Waals surface area contributed by atoms with E-state index in [1.807, 2.05) is 0 Å². The van der Waals surface area contributed by atoms with E-state index in [0.29, 0.717) is 12.1 Å². The van der Waals surface area contributed by atoms with Gasteiger partial charge in [-0.2, -0.15) is 0 Å². The smallest absolute Gasteiger partial charge is 0.253 e. The normalized spacial score (nSPS) is 15.6. The first-order valence-corrected chi connectivity index (χ1v) is 4.43. The number of nitrogens with zero attached hydrogens (tertiary/aromatic N) is 1. The summed E-state index contributed by atoms with van der Waals surface area (Å²) < 4.78 is 13.1. The zero-order chi connectivity index (χ0) is 10.3. The van der Waals surface area contributed by atoms with E-state index in [2.05, 4.69) is 0 Å². The van der Waals surface area contributed by atoms with Crippen molar-refractivity contribution in [1.82, 2.24) is 4.90 Å². The number of likely N-dealkylation sites (N-methyl/N-ethyl adjacent to an activating group) is 1. The molecular formula is C10H9BFNO. The fourth-order valence-corrected chi connectivity index (χ4v) is 1.64. The Labute approximate surface area is 83.1 Å². The van der Waals surface area contributed by atoms with Gasteiger partial charge in [-0.25, -0.2) is 4.39 Å². The lowest BCUT2D eigenvalue weighted by Crippen LogP contribution is -2.35. The third-order valence-electron chi connectivity index (χ3n) is 2.52. The van der Waals surface area contributed by atoms with Crippen molar-refractivity contribution in [2.24, 2.45) is 0 Å². The number of hydrogen-bond acceptors (Lipinski definition) is 1. The van der Waals surface area contributed by atoms with Crippen molar-refractivity contribution in [3.8, 4) is 0 Å². The molecule has 1 heterocycles. The van der Waals surface area contributed by atoms with Gasteiger partial charge >= 0.3 is 0 Å². The van der Waals surface area contributed by atoms with Gasteiger partial charge in [-0.15, -0.1) is 0 Å². The Balaban J connectivity index is 2.56. The van der Waals surface area contributed by atoms with Gasteiger partial charge in [-0.3, -0.25) is 4.79 Å². The standard InChI is InChI=1S/C10H9BFNO/c1-13-3-2-6-4-8(11)9(12)5-7(6)10(13)14/h4-5H,2-3H2,1H3. The highest BCUT2D eigenvalue weighted by atomic mass is 19.1. The van der Waals surface area contributed by atoms with E-state index in [4.69, 9.17) is 7.85 Å². The fourth-order valence-electron chi connectivity index (χ4n) is 1.64. The van der Waals surface area contributed by atoms with Crippen LogP contribution in [0, 0.1) is 5.82 Å². The van der Waals surface area contributed by atoms with Gasteiger partial charge in [0.25, 0.3) is 5.91 Å². The Morgan fingerprint density at radius 3 is 2.93 bits per heavy atom. The van der Waals surface area contributed by atoms with Crippen LogP contribution in [-0.4, -0.2) is 32.2 Å². The lowest BCUT2D eigenvalue weighted by atomic mass is 9.88. The molecule has 2 rings (SSSR count). The average molecular weight is 189 g/mol. The SMILES string of the molecule is [B]c1cc2c(cc1F)C(=O)N(C)CC2. The minimum atomic E-state index is -0.521. The van der Waals surface area contributed by atoms with Gasteiger partial charge < -0.3 is 4.90 Å². The molecule has 4 heteroatoms. The van der Waals surface area contributed by atoms with Gasteiger partial charge in [0.2, 0.25) is 0 Å². The average Bonchev–Trinajstić information content (AvgIpc) is 2.15. The highest BCUT2D eigenvalue weighted by Gasteiger charge is 2.22. The van der Waals surface area contributed by atoms with E-state index in [0.717, 1.165) is 12.0 Å². The number of halogens is 1. The summed E-state index contributed by atoms with van der Waals surface area (Å²) in [5, 5.41) is 0. The second kappa shape index (κ2) is 3.12. The van der Waals surface area contributed by atoms with E-state index in [1.54, 1.807) is 18.0 Å². The van der Waals surface area contributed by atoms with E-state index >= 15 is 0 Å². The molecule has 0 aliphatic carbocycles. The van der Waals surface area contributed by atoms with Gasteiger partial charge in [0, 0.05) is 19.2 Å². The number of carbonyl (C=O) groups is 1. The molecule has 1 aliphatic heterocycles. The molecule has 0 spiro atoms. The first-order valence-electron chi connectivity index (χ1n) is 4.43. The van der Waals surface area contributed by atoms with Crippen LogP contribution >= 0.6 is 0 Å². The Bertz CT molecular complexity index is 405. The third kappa shape index (κ3) is 1.31. The third-order valence-corrected chi connectivity index (χ3v) is 2.52. The summed E-state index contributed by atoms with van der Waals surface area (Å²) in [6.07, 6.45) is 0.738. The van der Waals surface area contributed by atoms with Crippen LogP contribution in [0.2, 0.25) is 0 Å². The maximum absolute atomic E-state index is 13.1. The minimum absolute atomic E-state index is 0.112. The summed E-state index contributed by atoms with van der Waals surface area (Å²) in [5.41, 5.74) is 1.39. The molecule has 0 fully saturated rings. The molecule has 0 unspecified atom stereocenters. The molecule has 1 aliphatic rings. The van der Waals surface area contributed by atoms with Crippen LogP contribution in [0.1, 0.15) is 15.9 Å². The summed E-state index contributed by atoms with van der Waals surface area (Å²) in [5.74, 6) is -0.655. The van der Waals surface area contributed by atoms with Crippen LogP contribution in [0.5, 0.6) is 0 Å². The molecule has 2 nitrogen and oxygen atoms in total. The maximum Gasteiger partial charge on any atom is 0.253 e. The van der Waals surface area contributed by atoms with Crippen molar-refractivity contribution >= 4 is 19.2 Å². The summed E-state index contributed by atoms with van der Waals surface area (Å²) in [7, 11) is 7.13. The maximum atomic E-state index is 13.1. The van der Waals surface area contributed by atoms with E-state index < -0.39 is 5.82 Å². The Morgan fingerprint density at radius 2 is 2.21 bits per heavy atom. The minimum Gasteiger partial charge on any atom is -0.341 e. The highest BCUT2D eigenvalue weighted by Crippen LogP contribution is 2.17. The molecule has 1 amide bonds. The van der Waals surface area contributed by atoms with E-state index in [-0.39, 0.29) is 11.4 Å². The van der Waals surface area contributed by atoms with Crippen molar-refractivity contribution in [3.63, 3.8) is 0 Å². The summed E-state index contributed by atoms with van der Waals surface area (Å²) in [6, 6.07) is 2.78. The highest BCUT2D eigenvalue weighted by molar-refractivity contribution is 6.32. The summed E-state index contributed by atoms with van der Waals surface area (Å²) >= 11 is 0. The van der Waals surface area contributed by atoms with Crippen molar-refractivity contribution < 1.29 is 9.18 Å². The van der Waals surface area contributed by atoms with Crippen LogP contribution in [0.25, 0.3) is 0 Å². The van der Waals surface area contributed by atoms with Gasteiger partial charge in [-0.1, -0.05) is 11.5 Å². The summed E-state index contributed by atoms with van der Waals surface area (Å²) in [4.78, 5) is 13.2. The molecule has 0 atom stereocenters. The first-order chi connectivity index (χ1) is 6.59. The monoisotopic (exact) mass is 189 g/mol. The van der Waals surface area contributed by atoms with Gasteiger partial charge in [0.15, 0.2) is 0 Å². The van der Waals surface area contributed by atoms with Crippen LogP contribution in [0.3, 0.4) is 0 Å². The van der Waals surface area contributed by atoms with Crippen molar-refractivity contribution in [2.45, 2.75) is 6.42 Å². The molecule has 0 saturated carbocycles. The zero-order valence-electron chi connectivity index (χ0n) is 7.88. The number of amides is 1. The van der Waals surface area contributed by atoms with E-state index in [1.165, 1.54) is 6.07 Å². The van der Waals surface area contributed by atoms with Crippen molar-refractivity contribution in [1.29, 1.82) is 0 Å². The molecule has 70 valence electrons. The summed E-state index contributed by atoms with van der Waals surface area (Å²) in [6.45, 7) is 0.664. The Hall–Kier alpha value is -1.32. The van der Waals surface area contributed by atoms with Crippen LogP contribution < -0.4 is 5.46 Å². The molecule has 14 heavy (non-hydrogen) atoms. The van der Waals surface area contributed by atoms with Gasteiger partial charge in [-0.05, 0) is 18.1 Å². The largest absolute Gasteiger partial charge is 0.341 e. The molecular weight excluding hydrogens is 180 g/mol. The second-order valence-electron chi connectivity index (χ2n) is 3.51. The predicted octanol–water partition coefficient (Wildman–Crippen LogP) is 0.248. The number of benzene rings is 1. The molecule has 1 aromatic rings.